The minimum atomic E-state index is -0.418. The Bertz CT molecular complexity index is 963. The number of nitrogens with two attached hydrogens (primary N) is 1. The molecule has 1 saturated heterocycles. The molecule has 1 saturated carbocycles. The first kappa shape index (κ1) is 21.7. The Hall–Kier alpha value is -2.54. The standard InChI is InChI=1S/C24H34N4O3/c1-16-15-27(11-12-28(16)24(30)22(25)17-7-5-4-6-8-17)23(29)21-13-18-9-10-19(31-3)14-20(18)26(21)2/h9-10,13-14,16-17,22H,4-8,11-12,15,25H2,1-3H3/t16-,22?/m0/s1. The quantitative estimate of drug-likeness (QED) is 0.815. The highest BCUT2D eigenvalue weighted by molar-refractivity contribution is 5.99. The molecule has 7 nitrogen and oxygen atoms in total. The number of aromatic nitrogens is 1. The SMILES string of the molecule is COc1ccc2cc(C(=O)N3CCN(C(=O)C(N)C4CCCCC4)[C@@H](C)C3)n(C)c2c1. The normalized spacial score (nSPS) is 21.4. The van der Waals surface area contributed by atoms with E-state index in [0.717, 1.165) is 29.5 Å². The van der Waals surface area contributed by atoms with Crippen molar-refractivity contribution >= 4 is 22.7 Å². The van der Waals surface area contributed by atoms with Crippen LogP contribution in [0, 0.1) is 5.92 Å². The van der Waals surface area contributed by atoms with Gasteiger partial charge in [0.2, 0.25) is 5.91 Å². The Morgan fingerprint density at radius 2 is 1.87 bits per heavy atom. The molecule has 168 valence electrons. The largest absolute Gasteiger partial charge is 0.497 e. The van der Waals surface area contributed by atoms with E-state index in [2.05, 4.69) is 0 Å². The van der Waals surface area contributed by atoms with Gasteiger partial charge in [-0.15, -0.1) is 0 Å². The van der Waals surface area contributed by atoms with Crippen LogP contribution in [0.4, 0.5) is 0 Å². The Morgan fingerprint density at radius 3 is 2.55 bits per heavy atom. The van der Waals surface area contributed by atoms with E-state index in [1.165, 1.54) is 19.3 Å². The number of rotatable bonds is 4. The van der Waals surface area contributed by atoms with Crippen LogP contribution in [0.5, 0.6) is 5.75 Å². The number of piperazine rings is 1. The summed E-state index contributed by atoms with van der Waals surface area (Å²) in [6, 6.07) is 7.28. The molecule has 31 heavy (non-hydrogen) atoms. The maximum atomic E-state index is 13.3. The molecule has 2 heterocycles. The van der Waals surface area contributed by atoms with E-state index in [4.69, 9.17) is 10.5 Å². The zero-order chi connectivity index (χ0) is 22.1. The van der Waals surface area contributed by atoms with Crippen molar-refractivity contribution in [2.75, 3.05) is 26.7 Å². The fourth-order valence-electron chi connectivity index (χ4n) is 5.16. The molecule has 0 bridgehead atoms. The number of benzene rings is 1. The molecule has 2 aromatic rings. The van der Waals surface area contributed by atoms with E-state index in [1.807, 2.05) is 52.6 Å². The summed E-state index contributed by atoms with van der Waals surface area (Å²) in [5.74, 6) is 1.10. The number of carbonyl (C=O) groups excluding carboxylic acids is 2. The van der Waals surface area contributed by atoms with Crippen molar-refractivity contribution in [1.82, 2.24) is 14.4 Å². The summed E-state index contributed by atoms with van der Waals surface area (Å²) in [5.41, 5.74) is 7.98. The second-order valence-corrected chi connectivity index (χ2v) is 9.07. The maximum absolute atomic E-state index is 13.3. The first-order valence-electron chi connectivity index (χ1n) is 11.4. The van der Waals surface area contributed by atoms with Crippen molar-refractivity contribution < 1.29 is 14.3 Å². The molecule has 1 aliphatic carbocycles. The molecule has 0 spiro atoms. The first-order valence-corrected chi connectivity index (χ1v) is 11.4. The van der Waals surface area contributed by atoms with E-state index < -0.39 is 6.04 Å². The van der Waals surface area contributed by atoms with Crippen LogP contribution in [-0.2, 0) is 11.8 Å². The number of aryl methyl sites for hydroxylation is 1. The molecule has 0 radical (unpaired) electrons. The molecule has 2 atom stereocenters. The van der Waals surface area contributed by atoms with Crippen molar-refractivity contribution in [2.24, 2.45) is 18.7 Å². The maximum Gasteiger partial charge on any atom is 0.270 e. The third kappa shape index (κ3) is 4.15. The average molecular weight is 427 g/mol. The topological polar surface area (TPSA) is 80.8 Å². The van der Waals surface area contributed by atoms with Crippen molar-refractivity contribution in [3.8, 4) is 5.75 Å². The van der Waals surface area contributed by atoms with Crippen molar-refractivity contribution in [3.05, 3.63) is 30.0 Å². The van der Waals surface area contributed by atoms with Gasteiger partial charge >= 0.3 is 0 Å². The Kier molecular flexibility index (Phi) is 6.23. The summed E-state index contributed by atoms with van der Waals surface area (Å²) in [7, 11) is 3.54. The number of ether oxygens (including phenoxy) is 1. The monoisotopic (exact) mass is 426 g/mol. The number of nitrogens with zero attached hydrogens (tertiary/aromatic N) is 3. The Balaban J connectivity index is 1.45. The summed E-state index contributed by atoms with van der Waals surface area (Å²) in [6.07, 6.45) is 5.67. The summed E-state index contributed by atoms with van der Waals surface area (Å²) in [6.45, 7) is 3.59. The summed E-state index contributed by atoms with van der Waals surface area (Å²) >= 11 is 0. The van der Waals surface area contributed by atoms with Gasteiger partial charge in [-0.05, 0) is 43.9 Å². The molecule has 2 fully saturated rings. The van der Waals surface area contributed by atoms with E-state index in [-0.39, 0.29) is 17.9 Å². The second kappa shape index (κ2) is 8.91. The Labute approximate surface area is 184 Å². The van der Waals surface area contributed by atoms with Gasteiger partial charge in [0.15, 0.2) is 0 Å². The highest BCUT2D eigenvalue weighted by Crippen LogP contribution is 2.28. The lowest BCUT2D eigenvalue weighted by Crippen LogP contribution is -2.59. The lowest BCUT2D eigenvalue weighted by molar-refractivity contribution is -0.138. The van der Waals surface area contributed by atoms with E-state index in [9.17, 15) is 9.59 Å². The fraction of sp³-hybridized carbons (Fsp3) is 0.583. The molecule has 4 rings (SSSR count). The van der Waals surface area contributed by atoms with E-state index in [1.54, 1.807) is 7.11 Å². The van der Waals surface area contributed by atoms with Gasteiger partial charge in [0.1, 0.15) is 11.4 Å². The number of fused-ring (bicyclic) bond motifs is 1. The fourth-order valence-corrected chi connectivity index (χ4v) is 5.16. The number of hydrogen-bond donors (Lipinski definition) is 1. The predicted molar refractivity (Wildman–Crippen MR) is 121 cm³/mol. The number of hydrogen-bond acceptors (Lipinski definition) is 4. The van der Waals surface area contributed by atoms with Gasteiger partial charge in [-0.25, -0.2) is 0 Å². The average Bonchev–Trinajstić information content (AvgIpc) is 3.13. The summed E-state index contributed by atoms with van der Waals surface area (Å²) in [5, 5.41) is 1.01. The molecule has 2 amide bonds. The van der Waals surface area contributed by atoms with Crippen LogP contribution in [0.3, 0.4) is 0 Å². The molecule has 2 aliphatic rings. The van der Waals surface area contributed by atoms with E-state index in [0.29, 0.717) is 31.2 Å². The molecule has 1 aromatic carbocycles. The third-order valence-corrected chi connectivity index (χ3v) is 7.11. The second-order valence-electron chi connectivity index (χ2n) is 9.07. The molecule has 1 unspecified atom stereocenters. The lowest BCUT2D eigenvalue weighted by Gasteiger charge is -2.42. The van der Waals surface area contributed by atoms with Crippen molar-refractivity contribution in [3.63, 3.8) is 0 Å². The zero-order valence-electron chi connectivity index (χ0n) is 18.8. The molecule has 1 aliphatic heterocycles. The van der Waals surface area contributed by atoms with Crippen LogP contribution in [0.2, 0.25) is 0 Å². The molecular weight excluding hydrogens is 392 g/mol. The third-order valence-electron chi connectivity index (χ3n) is 7.11. The van der Waals surface area contributed by atoms with Gasteiger partial charge in [-0.2, -0.15) is 0 Å². The number of amides is 2. The molecular formula is C24H34N4O3. The van der Waals surface area contributed by atoms with Gasteiger partial charge in [-0.3, -0.25) is 9.59 Å². The highest BCUT2D eigenvalue weighted by atomic mass is 16.5. The van der Waals surface area contributed by atoms with Crippen LogP contribution < -0.4 is 10.5 Å². The van der Waals surface area contributed by atoms with Crippen LogP contribution in [0.25, 0.3) is 10.9 Å². The smallest absolute Gasteiger partial charge is 0.270 e. The van der Waals surface area contributed by atoms with Crippen LogP contribution in [0.1, 0.15) is 49.5 Å². The summed E-state index contributed by atoms with van der Waals surface area (Å²) in [4.78, 5) is 30.1. The van der Waals surface area contributed by atoms with Gasteiger partial charge in [-0.1, -0.05) is 19.3 Å². The van der Waals surface area contributed by atoms with Crippen LogP contribution in [0.15, 0.2) is 24.3 Å². The first-order chi connectivity index (χ1) is 14.9. The Morgan fingerprint density at radius 1 is 1.13 bits per heavy atom. The van der Waals surface area contributed by atoms with Crippen molar-refractivity contribution in [2.45, 2.75) is 51.1 Å². The minimum absolute atomic E-state index is 0.00630. The number of carbonyl (C=O) groups is 2. The molecule has 7 heteroatoms. The van der Waals surface area contributed by atoms with Crippen LogP contribution in [-0.4, -0.2) is 65.0 Å². The van der Waals surface area contributed by atoms with Gasteiger partial charge in [0, 0.05) is 44.2 Å². The highest BCUT2D eigenvalue weighted by Gasteiger charge is 2.36. The van der Waals surface area contributed by atoms with Crippen molar-refractivity contribution in [1.29, 1.82) is 0 Å². The molecule has 2 N–H and O–H groups in total. The van der Waals surface area contributed by atoms with E-state index >= 15 is 0 Å². The zero-order valence-corrected chi connectivity index (χ0v) is 18.8. The molecule has 1 aromatic heterocycles. The lowest BCUT2D eigenvalue weighted by atomic mass is 9.83. The van der Waals surface area contributed by atoms with Gasteiger partial charge < -0.3 is 24.8 Å². The minimum Gasteiger partial charge on any atom is -0.497 e. The van der Waals surface area contributed by atoms with Gasteiger partial charge in [0.05, 0.1) is 18.7 Å². The predicted octanol–water partition coefficient (Wildman–Crippen LogP) is 2.77. The van der Waals surface area contributed by atoms with Crippen LogP contribution >= 0.6 is 0 Å². The van der Waals surface area contributed by atoms with Gasteiger partial charge in [0.25, 0.3) is 5.91 Å². The summed E-state index contributed by atoms with van der Waals surface area (Å²) < 4.78 is 7.24. The number of methoxy groups -OCH3 is 1.